The van der Waals surface area contributed by atoms with Crippen LogP contribution in [0.2, 0.25) is 0 Å². The van der Waals surface area contributed by atoms with Gasteiger partial charge in [0.05, 0.1) is 26.2 Å². The number of benzene rings is 1. The maximum Gasteiger partial charge on any atom is 0.308 e. The summed E-state index contributed by atoms with van der Waals surface area (Å²) in [6.07, 6.45) is 2.76. The molecular weight excluding hydrogens is 266 g/mol. The molecule has 1 aliphatic rings. The van der Waals surface area contributed by atoms with Gasteiger partial charge in [0.15, 0.2) is 0 Å². The van der Waals surface area contributed by atoms with Crippen molar-refractivity contribution in [3.8, 4) is 0 Å². The molecule has 0 saturated carbocycles. The molecule has 0 N–H and O–H groups in total. The number of methoxy groups -OCH3 is 1. The zero-order chi connectivity index (χ0) is 14.9. The predicted octanol–water partition coefficient (Wildman–Crippen LogP) is 2.13. The lowest BCUT2D eigenvalue weighted by Gasteiger charge is -2.30. The van der Waals surface area contributed by atoms with Crippen molar-refractivity contribution in [1.29, 1.82) is 0 Å². The predicted molar refractivity (Wildman–Crippen MR) is 82.1 cm³/mol. The Labute approximate surface area is 127 Å². The van der Waals surface area contributed by atoms with E-state index in [0.717, 1.165) is 52.1 Å². The van der Waals surface area contributed by atoms with Crippen LogP contribution < -0.4 is 0 Å². The van der Waals surface area contributed by atoms with Crippen molar-refractivity contribution in [2.24, 2.45) is 5.92 Å². The number of carbonyl (C=O) groups excluding carboxylic acids is 1. The molecule has 1 aliphatic heterocycles. The molecular formula is C17H25NO3. The number of piperidine rings is 1. The van der Waals surface area contributed by atoms with Crippen molar-refractivity contribution in [3.63, 3.8) is 0 Å². The highest BCUT2D eigenvalue weighted by Crippen LogP contribution is 2.17. The SMILES string of the molecule is COC(=O)C1CCN(CCOCCc2ccccc2)CC1. The number of hydrogen-bond donors (Lipinski definition) is 0. The van der Waals surface area contributed by atoms with E-state index in [4.69, 9.17) is 9.47 Å². The van der Waals surface area contributed by atoms with Crippen LogP contribution in [0.1, 0.15) is 18.4 Å². The zero-order valence-corrected chi connectivity index (χ0v) is 12.8. The maximum absolute atomic E-state index is 11.4. The summed E-state index contributed by atoms with van der Waals surface area (Å²) in [6, 6.07) is 10.4. The second-order valence-electron chi connectivity index (χ2n) is 5.49. The summed E-state index contributed by atoms with van der Waals surface area (Å²) in [5, 5.41) is 0. The van der Waals surface area contributed by atoms with Crippen molar-refractivity contribution >= 4 is 5.97 Å². The smallest absolute Gasteiger partial charge is 0.308 e. The summed E-state index contributed by atoms with van der Waals surface area (Å²) in [5.74, 6) is 0.0269. The Morgan fingerprint density at radius 3 is 2.57 bits per heavy atom. The van der Waals surface area contributed by atoms with Crippen molar-refractivity contribution in [2.75, 3.05) is 40.0 Å². The summed E-state index contributed by atoms with van der Waals surface area (Å²) < 4.78 is 10.5. The molecule has 0 atom stereocenters. The van der Waals surface area contributed by atoms with Crippen LogP contribution in [0.3, 0.4) is 0 Å². The Hall–Kier alpha value is -1.39. The Balaban J connectivity index is 1.53. The van der Waals surface area contributed by atoms with Crippen molar-refractivity contribution < 1.29 is 14.3 Å². The molecule has 0 bridgehead atoms. The molecule has 116 valence electrons. The summed E-state index contributed by atoms with van der Waals surface area (Å²) >= 11 is 0. The first-order chi connectivity index (χ1) is 10.3. The van der Waals surface area contributed by atoms with Gasteiger partial charge >= 0.3 is 5.97 Å². The topological polar surface area (TPSA) is 38.8 Å². The number of carbonyl (C=O) groups is 1. The third-order valence-electron chi connectivity index (χ3n) is 4.05. The molecule has 0 aliphatic carbocycles. The molecule has 0 radical (unpaired) electrons. The van der Waals surface area contributed by atoms with E-state index in [1.165, 1.54) is 12.7 Å². The van der Waals surface area contributed by atoms with Crippen molar-refractivity contribution in [2.45, 2.75) is 19.3 Å². The summed E-state index contributed by atoms with van der Waals surface area (Å²) in [6.45, 7) is 4.39. The molecule has 1 saturated heterocycles. The fraction of sp³-hybridized carbons (Fsp3) is 0.588. The Morgan fingerprint density at radius 2 is 1.90 bits per heavy atom. The Kier molecular flexibility index (Phi) is 6.70. The summed E-state index contributed by atoms with van der Waals surface area (Å²) in [5.41, 5.74) is 1.32. The Bertz CT molecular complexity index is 413. The van der Waals surface area contributed by atoms with E-state index in [9.17, 15) is 4.79 Å². The van der Waals surface area contributed by atoms with Gasteiger partial charge in [0.1, 0.15) is 0 Å². The lowest BCUT2D eigenvalue weighted by atomic mass is 9.97. The van der Waals surface area contributed by atoms with Gasteiger partial charge in [0.2, 0.25) is 0 Å². The number of rotatable bonds is 7. The van der Waals surface area contributed by atoms with E-state index in [-0.39, 0.29) is 11.9 Å². The van der Waals surface area contributed by atoms with Gasteiger partial charge in [-0.05, 0) is 37.9 Å². The van der Waals surface area contributed by atoms with Gasteiger partial charge in [-0.2, -0.15) is 0 Å². The van der Waals surface area contributed by atoms with E-state index in [1.807, 2.05) is 6.07 Å². The highest BCUT2D eigenvalue weighted by Gasteiger charge is 2.25. The van der Waals surface area contributed by atoms with Gasteiger partial charge in [0, 0.05) is 6.54 Å². The van der Waals surface area contributed by atoms with Gasteiger partial charge in [-0.25, -0.2) is 0 Å². The third-order valence-corrected chi connectivity index (χ3v) is 4.05. The Morgan fingerprint density at radius 1 is 1.19 bits per heavy atom. The van der Waals surface area contributed by atoms with Crippen LogP contribution in [0.5, 0.6) is 0 Å². The molecule has 2 rings (SSSR count). The van der Waals surface area contributed by atoms with E-state index in [1.54, 1.807) is 0 Å². The largest absolute Gasteiger partial charge is 0.469 e. The first kappa shape index (κ1) is 16.0. The molecule has 4 nitrogen and oxygen atoms in total. The number of ether oxygens (including phenoxy) is 2. The molecule has 1 heterocycles. The van der Waals surface area contributed by atoms with Crippen LogP contribution in [0, 0.1) is 5.92 Å². The van der Waals surface area contributed by atoms with Crippen LogP contribution in [-0.2, 0) is 20.7 Å². The molecule has 1 aromatic carbocycles. The first-order valence-corrected chi connectivity index (χ1v) is 7.71. The van der Waals surface area contributed by atoms with Crippen LogP contribution in [0.25, 0.3) is 0 Å². The van der Waals surface area contributed by atoms with E-state index >= 15 is 0 Å². The molecule has 0 spiro atoms. The van der Waals surface area contributed by atoms with Gasteiger partial charge in [0.25, 0.3) is 0 Å². The fourth-order valence-corrected chi connectivity index (χ4v) is 2.69. The minimum Gasteiger partial charge on any atom is -0.469 e. The third kappa shape index (κ3) is 5.48. The first-order valence-electron chi connectivity index (χ1n) is 7.71. The lowest BCUT2D eigenvalue weighted by Crippen LogP contribution is -2.38. The van der Waals surface area contributed by atoms with Crippen molar-refractivity contribution in [3.05, 3.63) is 35.9 Å². The average Bonchev–Trinajstić information content (AvgIpc) is 2.55. The zero-order valence-electron chi connectivity index (χ0n) is 12.8. The standard InChI is InChI=1S/C17H25NO3/c1-20-17(19)16-7-10-18(11-8-16)12-14-21-13-9-15-5-3-2-4-6-15/h2-6,16H,7-14H2,1H3. The second kappa shape index (κ2) is 8.80. The molecule has 0 amide bonds. The van der Waals surface area contributed by atoms with Crippen molar-refractivity contribution in [1.82, 2.24) is 4.90 Å². The highest BCUT2D eigenvalue weighted by molar-refractivity contribution is 5.72. The normalized spacial score (nSPS) is 16.8. The molecule has 4 heteroatoms. The summed E-state index contributed by atoms with van der Waals surface area (Å²) in [7, 11) is 1.47. The molecule has 1 aromatic rings. The highest BCUT2D eigenvalue weighted by atomic mass is 16.5. The molecule has 1 fully saturated rings. The second-order valence-corrected chi connectivity index (χ2v) is 5.49. The van der Waals surface area contributed by atoms with Gasteiger partial charge in [-0.1, -0.05) is 30.3 Å². The summed E-state index contributed by atoms with van der Waals surface area (Å²) in [4.78, 5) is 13.8. The van der Waals surface area contributed by atoms with Gasteiger partial charge in [-0.15, -0.1) is 0 Å². The van der Waals surface area contributed by atoms with E-state index in [0.29, 0.717) is 0 Å². The number of likely N-dealkylation sites (tertiary alicyclic amines) is 1. The quantitative estimate of drug-likeness (QED) is 0.570. The maximum atomic E-state index is 11.4. The number of hydrogen-bond acceptors (Lipinski definition) is 4. The van der Waals surface area contributed by atoms with Crippen LogP contribution >= 0.6 is 0 Å². The minimum atomic E-state index is -0.0613. The van der Waals surface area contributed by atoms with Crippen LogP contribution in [0.15, 0.2) is 30.3 Å². The molecule has 0 unspecified atom stereocenters. The molecule has 21 heavy (non-hydrogen) atoms. The average molecular weight is 291 g/mol. The van der Waals surface area contributed by atoms with Crippen LogP contribution in [-0.4, -0.2) is 50.8 Å². The van der Waals surface area contributed by atoms with E-state index in [2.05, 4.69) is 29.2 Å². The number of nitrogens with zero attached hydrogens (tertiary/aromatic N) is 1. The minimum absolute atomic E-state index is 0.0613. The fourth-order valence-electron chi connectivity index (χ4n) is 2.69. The van der Waals surface area contributed by atoms with E-state index < -0.39 is 0 Å². The number of esters is 1. The lowest BCUT2D eigenvalue weighted by molar-refractivity contribution is -0.147. The molecule has 0 aromatic heterocycles. The van der Waals surface area contributed by atoms with Crippen LogP contribution in [0.4, 0.5) is 0 Å². The van der Waals surface area contributed by atoms with Gasteiger partial charge < -0.3 is 14.4 Å². The van der Waals surface area contributed by atoms with Gasteiger partial charge in [-0.3, -0.25) is 4.79 Å². The monoisotopic (exact) mass is 291 g/mol.